The molecule has 12 aromatic heterocycles. The lowest BCUT2D eigenvalue weighted by Gasteiger charge is -2.27. The molecule has 4 saturated heterocycles. The number of sulfonamides is 3. The van der Waals surface area contributed by atoms with Gasteiger partial charge in [0.05, 0.1) is 132 Å². The first-order chi connectivity index (χ1) is 58.8. The molecule has 1 saturated carbocycles. The van der Waals surface area contributed by atoms with Crippen LogP contribution in [-0.2, 0) is 49.8 Å². The van der Waals surface area contributed by atoms with Gasteiger partial charge in [0.25, 0.3) is 0 Å². The normalized spacial score (nSPS) is 15.3. The predicted molar refractivity (Wildman–Crippen MR) is 507 cm³/mol. The van der Waals surface area contributed by atoms with Crippen molar-refractivity contribution in [3.63, 3.8) is 0 Å². The van der Waals surface area contributed by atoms with E-state index >= 15 is 0 Å². The molecular formula is C77H91Br4N21O14S8. The molecule has 0 amide bonds. The maximum absolute atomic E-state index is 12.6. The summed E-state index contributed by atoms with van der Waals surface area (Å²) in [6, 6.07) is 6.83. The van der Waals surface area contributed by atoms with Gasteiger partial charge in [-0.05, 0) is 160 Å². The Bertz CT molecular complexity index is 6410. The number of nitrogens with one attached hydrogen (secondary N) is 4. The van der Waals surface area contributed by atoms with Crippen molar-refractivity contribution >= 4 is 237 Å². The van der Waals surface area contributed by atoms with Gasteiger partial charge in [0, 0.05) is 134 Å². The average Bonchev–Trinajstić information content (AvgIpc) is 1.60. The number of anilines is 8. The SMILES string of the molecule is C.CCS(=O)(=O)Nc1cc(-c2nc(N3CCCCC3)nc3c(Br)csc23)cnc1OC.COc1ncc(-c2nc(N3CCCCC3)nc3c(Br)c(C)sc23)cc1NS(C)(=O)=O.COc1ncc(-c2nc(N3CCOCC3)nc3c(Br)c(C)sc23)cc1NS(=O)(=O)C1CC1.COc1ncc(-c2nc(N3CCOCC3)nc3c(Br)csc23)cc1NS(=O)(=O)N(C)C. The maximum Gasteiger partial charge on any atom is 0.301 e. The molecule has 664 valence electrons. The Hall–Kier alpha value is -8.04. The molecule has 4 aliphatic heterocycles. The first kappa shape index (κ1) is 93.6. The summed E-state index contributed by atoms with van der Waals surface area (Å²) in [6.45, 7) is 14.6. The van der Waals surface area contributed by atoms with Gasteiger partial charge < -0.3 is 48.0 Å². The number of pyridine rings is 4. The van der Waals surface area contributed by atoms with Crippen molar-refractivity contribution < 1.29 is 62.1 Å². The largest absolute Gasteiger partial charge is 0.480 e. The molecule has 17 rings (SSSR count). The molecule has 0 aromatic carbocycles. The van der Waals surface area contributed by atoms with Gasteiger partial charge in [0.15, 0.2) is 0 Å². The summed E-state index contributed by atoms with van der Waals surface area (Å²) < 4.78 is 148. The van der Waals surface area contributed by atoms with E-state index in [2.05, 4.69) is 122 Å². The topological polar surface area (TPSA) is 411 Å². The van der Waals surface area contributed by atoms with Gasteiger partial charge in [-0.1, -0.05) is 7.43 Å². The van der Waals surface area contributed by atoms with Crippen molar-refractivity contribution in [1.29, 1.82) is 0 Å². The number of nitrogens with zero attached hydrogens (tertiary/aromatic N) is 17. The van der Waals surface area contributed by atoms with Gasteiger partial charge >= 0.3 is 10.2 Å². The number of hydrogen-bond acceptors (Lipinski definition) is 34. The van der Waals surface area contributed by atoms with E-state index in [-0.39, 0.29) is 53.3 Å². The third kappa shape index (κ3) is 21.5. The number of halogens is 4. The summed E-state index contributed by atoms with van der Waals surface area (Å²) in [5.74, 6) is 3.34. The number of methoxy groups -OCH3 is 4. The van der Waals surface area contributed by atoms with Gasteiger partial charge in [-0.3, -0.25) is 18.9 Å². The van der Waals surface area contributed by atoms with Crippen LogP contribution in [0.3, 0.4) is 0 Å². The van der Waals surface area contributed by atoms with E-state index in [0.717, 1.165) is 142 Å². The minimum atomic E-state index is -3.74. The van der Waals surface area contributed by atoms with Crippen LogP contribution in [0, 0.1) is 13.8 Å². The molecule has 5 fully saturated rings. The highest BCUT2D eigenvalue weighted by Crippen LogP contribution is 2.46. The minimum Gasteiger partial charge on any atom is -0.480 e. The lowest BCUT2D eigenvalue weighted by molar-refractivity contribution is 0.122. The second-order valence-corrected chi connectivity index (χ2v) is 44.0. The lowest BCUT2D eigenvalue weighted by Crippen LogP contribution is -2.37. The molecule has 35 nitrogen and oxygen atoms in total. The monoisotopic (exact) mass is 2110 g/mol. The van der Waals surface area contributed by atoms with E-state index in [4.69, 9.17) is 68.3 Å². The highest BCUT2D eigenvalue weighted by molar-refractivity contribution is 9.11. The smallest absolute Gasteiger partial charge is 0.301 e. The molecule has 0 unspecified atom stereocenters. The predicted octanol–water partition coefficient (Wildman–Crippen LogP) is 15.3. The number of fused-ring (bicyclic) bond motifs is 4. The molecule has 12 aromatic rings. The Morgan fingerprint density at radius 3 is 1.10 bits per heavy atom. The Kier molecular flexibility index (Phi) is 30.3. The minimum absolute atomic E-state index is 0. The van der Waals surface area contributed by atoms with Gasteiger partial charge in [-0.2, -0.15) is 12.7 Å². The van der Waals surface area contributed by atoms with Crippen LogP contribution in [0.4, 0.5) is 46.5 Å². The van der Waals surface area contributed by atoms with Crippen LogP contribution in [-0.4, -0.2) is 236 Å². The van der Waals surface area contributed by atoms with Crippen molar-refractivity contribution in [2.45, 2.75) is 84.8 Å². The Labute approximate surface area is 768 Å². The average molecular weight is 2110 g/mol. The molecule has 47 heteroatoms. The third-order valence-corrected chi connectivity index (χ3v) is 33.6. The summed E-state index contributed by atoms with van der Waals surface area (Å²) in [4.78, 5) is 66.7. The van der Waals surface area contributed by atoms with Crippen molar-refractivity contribution in [2.24, 2.45) is 0 Å². The summed E-state index contributed by atoms with van der Waals surface area (Å²) in [6.07, 6.45) is 15.9. The number of piperidine rings is 2. The van der Waals surface area contributed by atoms with Gasteiger partial charge in [-0.15, -0.1) is 45.3 Å². The summed E-state index contributed by atoms with van der Waals surface area (Å²) in [5.41, 5.74) is 9.98. The van der Waals surface area contributed by atoms with Crippen LogP contribution in [0.1, 0.15) is 75.5 Å². The highest BCUT2D eigenvalue weighted by atomic mass is 79.9. The fourth-order valence-electron chi connectivity index (χ4n) is 13.5. The number of thiophene rings is 4. The van der Waals surface area contributed by atoms with Crippen molar-refractivity contribution in [3.8, 4) is 68.5 Å². The van der Waals surface area contributed by atoms with Gasteiger partial charge in [0.2, 0.25) is 77.4 Å². The molecule has 1 aliphatic carbocycles. The molecule has 0 atom stereocenters. The number of aryl methyl sites for hydroxylation is 2. The molecule has 16 heterocycles. The fourth-order valence-corrected chi connectivity index (χ4v) is 23.1. The van der Waals surface area contributed by atoms with E-state index in [0.29, 0.717) is 134 Å². The third-order valence-electron chi connectivity index (χ3n) is 20.0. The second-order valence-electron chi connectivity index (χ2n) is 28.8. The van der Waals surface area contributed by atoms with E-state index in [9.17, 15) is 33.7 Å². The van der Waals surface area contributed by atoms with Crippen LogP contribution in [0.25, 0.3) is 85.9 Å². The quantitative estimate of drug-likeness (QED) is 0.0462. The van der Waals surface area contributed by atoms with Crippen LogP contribution in [0.5, 0.6) is 23.5 Å². The van der Waals surface area contributed by atoms with Crippen LogP contribution < -0.4 is 57.4 Å². The maximum atomic E-state index is 12.6. The zero-order chi connectivity index (χ0) is 87.4. The zero-order valence-corrected chi connectivity index (χ0v) is 81.2. The second kappa shape index (κ2) is 40.1. The van der Waals surface area contributed by atoms with E-state index < -0.39 is 40.3 Å². The number of aromatic nitrogens is 12. The molecule has 5 aliphatic rings. The molecule has 4 N–H and O–H groups in total. The molecule has 0 radical (unpaired) electrons. The fraction of sp³-hybridized carbons (Fsp3) is 0.429. The highest BCUT2D eigenvalue weighted by Gasteiger charge is 2.37. The number of ether oxygens (including phenoxy) is 6. The van der Waals surface area contributed by atoms with E-state index in [1.54, 1.807) is 78.7 Å². The number of rotatable bonds is 23. The van der Waals surface area contributed by atoms with Gasteiger partial charge in [-0.25, -0.2) is 85.1 Å². The Morgan fingerprint density at radius 1 is 0.452 bits per heavy atom. The zero-order valence-electron chi connectivity index (χ0n) is 68.3. The first-order valence-electron chi connectivity index (χ1n) is 38.7. The Balaban J connectivity index is 0.000000142. The summed E-state index contributed by atoms with van der Waals surface area (Å²) in [5, 5.41) is 3.59. The van der Waals surface area contributed by atoms with E-state index in [1.807, 2.05) is 24.6 Å². The Morgan fingerprint density at radius 2 is 0.774 bits per heavy atom. The standard InChI is InChI=1S/C20H22BrN5O4S2.2C19H22BrN5O3S2.C18H21BrN6O4S2.CH4/c1-11-15(21)17-18(31-11)16(23-20(24-17)26-5-7-30-8-6-26)12-9-14(19(29-2)22-10-12)25-32(27,28)13-3-4-13;1-11-14(20)16-17(29-11)15(22-19(23-16)25-7-5-4-6-8-25)12-9-13(24-30(3,26)27)18(28-2)21-10-12;1-3-30(26,27)24-14-9-12(10-21-18(14)28-2)15-17-16(13(20)11-29-17)23-19(22-15)25-7-5-4-6-8-25;1-24(2)31(26,27)23-13-8-11(9-20-17(13)28-3)14-16-15(12(19)10-30-16)22-18(21-14)25-4-6-29-7-5-25;/h9-10,13,25H,3-8H2,1-2H3;9-10,24H,4-8H2,1-3H3;9-11,24H,3-8H2,1-2H3;8-10,23H,4-7H2,1-3H3;1H4. The van der Waals surface area contributed by atoms with Crippen molar-refractivity contribution in [2.75, 3.05) is 172 Å². The molecule has 124 heavy (non-hydrogen) atoms. The van der Waals surface area contributed by atoms with Crippen LogP contribution in [0.15, 0.2) is 77.7 Å². The number of hydrogen-bond donors (Lipinski definition) is 4. The summed E-state index contributed by atoms with van der Waals surface area (Å²) in [7, 11) is -5.50. The number of morpholine rings is 2. The van der Waals surface area contributed by atoms with Crippen LogP contribution in [0.2, 0.25) is 0 Å². The molecular weight excluding hydrogens is 2020 g/mol. The first-order valence-corrected chi connectivity index (χ1v) is 51.8. The summed E-state index contributed by atoms with van der Waals surface area (Å²) >= 11 is 20.7. The van der Waals surface area contributed by atoms with Crippen molar-refractivity contribution in [3.05, 3.63) is 87.5 Å². The van der Waals surface area contributed by atoms with Crippen LogP contribution >= 0.6 is 109 Å². The molecule has 0 bridgehead atoms. The molecule has 0 spiro atoms. The van der Waals surface area contributed by atoms with E-state index in [1.165, 1.54) is 78.0 Å². The lowest BCUT2D eigenvalue weighted by atomic mass is 10.1. The van der Waals surface area contributed by atoms with Gasteiger partial charge in [0.1, 0.15) is 44.8 Å². The van der Waals surface area contributed by atoms with Crippen molar-refractivity contribution in [1.82, 2.24) is 64.1 Å².